The van der Waals surface area contributed by atoms with E-state index in [4.69, 9.17) is 11.6 Å². The summed E-state index contributed by atoms with van der Waals surface area (Å²) in [5.74, 6) is 0.870. The number of halogens is 1. The third-order valence-electron chi connectivity index (χ3n) is 5.83. The smallest absolute Gasteiger partial charge is 0.242 e. The standard InChI is InChI=1S/C24H21ClN4O2/c25-21-10-5-11-22(26-21)27-12-14-28(15-13-27)23(30)16-29-19-8-3-1-6-17(19)24(31)18-7-2-4-9-20(18)29/h1-11H,12-16H2. The topological polar surface area (TPSA) is 58.4 Å². The van der Waals surface area contributed by atoms with Crippen LogP contribution in [0.4, 0.5) is 5.82 Å². The monoisotopic (exact) mass is 432 g/mol. The number of pyridine rings is 2. The van der Waals surface area contributed by atoms with E-state index in [9.17, 15) is 9.59 Å². The minimum Gasteiger partial charge on any atom is -0.353 e. The molecule has 1 saturated heterocycles. The van der Waals surface area contributed by atoms with Crippen molar-refractivity contribution < 1.29 is 4.79 Å². The Morgan fingerprint density at radius 3 is 2.06 bits per heavy atom. The molecule has 1 amide bonds. The number of carbonyl (C=O) groups excluding carboxylic acids is 1. The van der Waals surface area contributed by atoms with E-state index in [-0.39, 0.29) is 17.9 Å². The fourth-order valence-electron chi connectivity index (χ4n) is 4.24. The van der Waals surface area contributed by atoms with Crippen LogP contribution < -0.4 is 10.3 Å². The van der Waals surface area contributed by atoms with Crippen LogP contribution in [0.25, 0.3) is 21.8 Å². The Morgan fingerprint density at radius 1 is 0.839 bits per heavy atom. The van der Waals surface area contributed by atoms with Gasteiger partial charge < -0.3 is 14.4 Å². The summed E-state index contributed by atoms with van der Waals surface area (Å²) in [6.07, 6.45) is 0. The summed E-state index contributed by atoms with van der Waals surface area (Å²) in [5, 5.41) is 1.73. The zero-order valence-corrected chi connectivity index (χ0v) is 17.6. The molecule has 1 aliphatic rings. The molecule has 1 aliphatic heterocycles. The van der Waals surface area contributed by atoms with Gasteiger partial charge in [0.15, 0.2) is 5.43 Å². The van der Waals surface area contributed by atoms with Crippen molar-refractivity contribution in [2.45, 2.75) is 6.54 Å². The minimum absolute atomic E-state index is 0.00228. The summed E-state index contributed by atoms with van der Waals surface area (Å²) in [7, 11) is 0. The van der Waals surface area contributed by atoms with Gasteiger partial charge in [0, 0.05) is 37.0 Å². The molecule has 6 nitrogen and oxygen atoms in total. The maximum absolute atomic E-state index is 13.2. The van der Waals surface area contributed by atoms with Crippen LogP contribution in [-0.4, -0.2) is 46.5 Å². The van der Waals surface area contributed by atoms with Gasteiger partial charge in [-0.25, -0.2) is 4.98 Å². The molecule has 4 aromatic rings. The summed E-state index contributed by atoms with van der Waals surface area (Å²) in [5.41, 5.74) is 1.56. The SMILES string of the molecule is O=C(Cn1c2ccccc2c(=O)c2ccccc21)N1CCN(c2cccc(Cl)n2)CC1. The highest BCUT2D eigenvalue weighted by molar-refractivity contribution is 6.29. The molecule has 3 heterocycles. The lowest BCUT2D eigenvalue weighted by Gasteiger charge is -2.35. The van der Waals surface area contributed by atoms with Gasteiger partial charge in [-0.15, -0.1) is 0 Å². The zero-order chi connectivity index (χ0) is 21.4. The number of fused-ring (bicyclic) bond motifs is 2. The first-order valence-corrected chi connectivity index (χ1v) is 10.7. The second-order valence-corrected chi connectivity index (χ2v) is 8.02. The molecule has 0 aliphatic carbocycles. The van der Waals surface area contributed by atoms with E-state index in [2.05, 4.69) is 9.88 Å². The van der Waals surface area contributed by atoms with Gasteiger partial charge in [0.25, 0.3) is 0 Å². The number of para-hydroxylation sites is 2. The zero-order valence-electron chi connectivity index (χ0n) is 16.9. The number of carbonyl (C=O) groups is 1. The number of rotatable bonds is 3. The number of nitrogens with zero attached hydrogens (tertiary/aromatic N) is 4. The molecule has 0 bridgehead atoms. The predicted octanol–water partition coefficient (Wildman–Crippen LogP) is 3.55. The first-order chi connectivity index (χ1) is 15.1. The maximum Gasteiger partial charge on any atom is 0.242 e. The van der Waals surface area contributed by atoms with E-state index in [0.717, 1.165) is 16.9 Å². The molecular formula is C24H21ClN4O2. The van der Waals surface area contributed by atoms with Gasteiger partial charge in [0.05, 0.1) is 11.0 Å². The molecule has 0 radical (unpaired) electrons. The summed E-state index contributed by atoms with van der Waals surface area (Å²) >= 11 is 6.01. The fraction of sp³-hybridized carbons (Fsp3) is 0.208. The Morgan fingerprint density at radius 2 is 1.45 bits per heavy atom. The largest absolute Gasteiger partial charge is 0.353 e. The first kappa shape index (κ1) is 19.6. The van der Waals surface area contributed by atoms with Crippen LogP contribution in [0.15, 0.2) is 71.5 Å². The number of piperazine rings is 1. The number of hydrogen-bond acceptors (Lipinski definition) is 4. The highest BCUT2D eigenvalue weighted by Crippen LogP contribution is 2.20. The fourth-order valence-corrected chi connectivity index (χ4v) is 4.40. The quantitative estimate of drug-likeness (QED) is 0.367. The van der Waals surface area contributed by atoms with Gasteiger partial charge in [0.1, 0.15) is 17.5 Å². The van der Waals surface area contributed by atoms with E-state index in [1.165, 1.54) is 0 Å². The minimum atomic E-state index is -0.00228. The number of amides is 1. The van der Waals surface area contributed by atoms with Gasteiger partial charge >= 0.3 is 0 Å². The van der Waals surface area contributed by atoms with Crippen LogP contribution in [-0.2, 0) is 11.3 Å². The number of benzene rings is 2. The van der Waals surface area contributed by atoms with Crippen LogP contribution in [0.1, 0.15) is 0 Å². The van der Waals surface area contributed by atoms with Gasteiger partial charge in [-0.2, -0.15) is 0 Å². The molecule has 1 fully saturated rings. The highest BCUT2D eigenvalue weighted by Gasteiger charge is 2.23. The molecule has 0 N–H and O–H groups in total. The number of aromatic nitrogens is 2. The van der Waals surface area contributed by atoms with Gasteiger partial charge in [-0.3, -0.25) is 9.59 Å². The molecule has 31 heavy (non-hydrogen) atoms. The Balaban J connectivity index is 1.41. The molecule has 0 atom stereocenters. The van der Waals surface area contributed by atoms with Crippen LogP contribution in [0, 0.1) is 0 Å². The van der Waals surface area contributed by atoms with Crippen molar-refractivity contribution in [1.82, 2.24) is 14.5 Å². The molecule has 5 rings (SSSR count). The molecule has 0 saturated carbocycles. The van der Waals surface area contributed by atoms with Crippen molar-refractivity contribution in [3.8, 4) is 0 Å². The predicted molar refractivity (Wildman–Crippen MR) is 124 cm³/mol. The second kappa shape index (κ2) is 8.04. The summed E-state index contributed by atoms with van der Waals surface area (Å²) < 4.78 is 1.96. The normalized spacial score (nSPS) is 14.4. The van der Waals surface area contributed by atoms with Crippen molar-refractivity contribution >= 4 is 45.1 Å². The van der Waals surface area contributed by atoms with E-state index in [0.29, 0.717) is 42.1 Å². The van der Waals surface area contributed by atoms with Crippen LogP contribution in [0.3, 0.4) is 0 Å². The Kier molecular flexibility index (Phi) is 5.08. The summed E-state index contributed by atoms with van der Waals surface area (Å²) in [6.45, 7) is 2.82. The van der Waals surface area contributed by atoms with E-state index in [1.807, 2.05) is 70.1 Å². The molecule has 7 heteroatoms. The van der Waals surface area contributed by atoms with E-state index in [1.54, 1.807) is 6.07 Å². The lowest BCUT2D eigenvalue weighted by Crippen LogP contribution is -2.49. The molecule has 2 aromatic carbocycles. The second-order valence-electron chi connectivity index (χ2n) is 7.64. The van der Waals surface area contributed by atoms with E-state index >= 15 is 0 Å². The molecule has 0 spiro atoms. The summed E-state index contributed by atoms with van der Waals surface area (Å²) in [6, 6.07) is 20.5. The van der Waals surface area contributed by atoms with Crippen LogP contribution in [0.2, 0.25) is 5.15 Å². The van der Waals surface area contributed by atoms with Crippen molar-refractivity contribution in [3.05, 3.63) is 82.1 Å². The number of anilines is 1. The summed E-state index contributed by atoms with van der Waals surface area (Å²) in [4.78, 5) is 34.5. The van der Waals surface area contributed by atoms with Gasteiger partial charge in [-0.1, -0.05) is 41.9 Å². The van der Waals surface area contributed by atoms with Crippen molar-refractivity contribution in [2.24, 2.45) is 0 Å². The van der Waals surface area contributed by atoms with Gasteiger partial charge in [-0.05, 0) is 36.4 Å². The Hall–Kier alpha value is -3.38. The molecule has 0 unspecified atom stereocenters. The molecular weight excluding hydrogens is 412 g/mol. The van der Waals surface area contributed by atoms with E-state index < -0.39 is 0 Å². The Bertz CT molecular complexity index is 1280. The third kappa shape index (κ3) is 3.64. The molecule has 2 aromatic heterocycles. The first-order valence-electron chi connectivity index (χ1n) is 10.3. The number of hydrogen-bond donors (Lipinski definition) is 0. The van der Waals surface area contributed by atoms with Crippen LogP contribution >= 0.6 is 11.6 Å². The molecule has 156 valence electrons. The van der Waals surface area contributed by atoms with Crippen LogP contribution in [0.5, 0.6) is 0 Å². The van der Waals surface area contributed by atoms with Crippen molar-refractivity contribution in [1.29, 1.82) is 0 Å². The highest BCUT2D eigenvalue weighted by atomic mass is 35.5. The maximum atomic E-state index is 13.2. The van der Waals surface area contributed by atoms with Crippen molar-refractivity contribution in [2.75, 3.05) is 31.1 Å². The van der Waals surface area contributed by atoms with Crippen molar-refractivity contribution in [3.63, 3.8) is 0 Å². The average molecular weight is 433 g/mol. The van der Waals surface area contributed by atoms with Gasteiger partial charge in [0.2, 0.25) is 5.91 Å². The lowest BCUT2D eigenvalue weighted by atomic mass is 10.1. The lowest BCUT2D eigenvalue weighted by molar-refractivity contribution is -0.132. The average Bonchev–Trinajstić information content (AvgIpc) is 2.82. The third-order valence-corrected chi connectivity index (χ3v) is 6.04. The Labute approximate surface area is 184 Å².